The van der Waals surface area contributed by atoms with E-state index in [0.717, 1.165) is 11.1 Å². The zero-order valence-electron chi connectivity index (χ0n) is 9.88. The Labute approximate surface area is 111 Å². The third-order valence-electron chi connectivity index (χ3n) is 2.64. The average Bonchev–Trinajstić information content (AvgIpc) is 2.40. The van der Waals surface area contributed by atoms with Crippen LogP contribution >= 0.6 is 11.6 Å². The Morgan fingerprint density at radius 3 is 2.67 bits per heavy atom. The Kier molecular flexibility index (Phi) is 4.70. The van der Waals surface area contributed by atoms with E-state index in [-0.39, 0.29) is 0 Å². The molecule has 0 saturated heterocycles. The molecule has 18 heavy (non-hydrogen) atoms. The maximum Gasteiger partial charge on any atom is 0.0914 e. The number of nitrogens with one attached hydrogen (secondary N) is 1. The lowest BCUT2D eigenvalue weighted by Gasteiger charge is -2.12. The van der Waals surface area contributed by atoms with Crippen molar-refractivity contribution >= 4 is 11.6 Å². The summed E-state index contributed by atoms with van der Waals surface area (Å²) < 4.78 is 0. The van der Waals surface area contributed by atoms with Crippen LogP contribution < -0.4 is 5.32 Å². The first kappa shape index (κ1) is 13.0. The van der Waals surface area contributed by atoms with E-state index in [1.54, 1.807) is 18.3 Å². The molecule has 1 aromatic carbocycles. The number of aromatic nitrogens is 1. The van der Waals surface area contributed by atoms with Crippen molar-refractivity contribution in [1.29, 1.82) is 0 Å². The van der Waals surface area contributed by atoms with Gasteiger partial charge in [0.2, 0.25) is 0 Å². The molecule has 0 bridgehead atoms. The van der Waals surface area contributed by atoms with Crippen molar-refractivity contribution < 1.29 is 5.11 Å². The van der Waals surface area contributed by atoms with Crippen LogP contribution in [-0.2, 0) is 6.54 Å². The van der Waals surface area contributed by atoms with Gasteiger partial charge in [0.25, 0.3) is 0 Å². The predicted octanol–water partition coefficient (Wildman–Crippen LogP) is 2.56. The molecule has 0 fully saturated rings. The van der Waals surface area contributed by atoms with Crippen LogP contribution in [0.3, 0.4) is 0 Å². The zero-order chi connectivity index (χ0) is 12.8. The Morgan fingerprint density at radius 1 is 1.22 bits per heavy atom. The van der Waals surface area contributed by atoms with Gasteiger partial charge in [-0.15, -0.1) is 0 Å². The summed E-state index contributed by atoms with van der Waals surface area (Å²) in [6, 6.07) is 11.1. The van der Waals surface area contributed by atoms with Gasteiger partial charge in [0.1, 0.15) is 0 Å². The fourth-order valence-corrected chi connectivity index (χ4v) is 1.78. The van der Waals surface area contributed by atoms with E-state index < -0.39 is 6.10 Å². The van der Waals surface area contributed by atoms with E-state index in [1.807, 2.05) is 30.5 Å². The molecule has 1 heterocycles. The summed E-state index contributed by atoms with van der Waals surface area (Å²) >= 11 is 5.80. The fourth-order valence-electron chi connectivity index (χ4n) is 1.66. The van der Waals surface area contributed by atoms with Crippen LogP contribution in [0.25, 0.3) is 0 Å². The summed E-state index contributed by atoms with van der Waals surface area (Å²) in [7, 11) is 0. The molecular formula is C14H15ClN2O. The highest BCUT2D eigenvalue weighted by Crippen LogP contribution is 2.15. The minimum atomic E-state index is -0.529. The molecule has 2 rings (SSSR count). The topological polar surface area (TPSA) is 45.1 Å². The first-order valence-corrected chi connectivity index (χ1v) is 6.16. The van der Waals surface area contributed by atoms with Crippen molar-refractivity contribution in [3.8, 4) is 0 Å². The van der Waals surface area contributed by atoms with Gasteiger partial charge < -0.3 is 10.4 Å². The molecule has 0 saturated carbocycles. The molecule has 1 aromatic heterocycles. The monoisotopic (exact) mass is 262 g/mol. The second kappa shape index (κ2) is 6.50. The largest absolute Gasteiger partial charge is 0.387 e. The zero-order valence-corrected chi connectivity index (χ0v) is 10.6. The van der Waals surface area contributed by atoms with E-state index in [4.69, 9.17) is 11.6 Å². The minimum absolute atomic E-state index is 0.497. The Bertz CT molecular complexity index is 473. The Balaban J connectivity index is 1.81. The number of aliphatic hydroxyl groups is 1. The highest BCUT2D eigenvalue weighted by Gasteiger charge is 2.06. The van der Waals surface area contributed by atoms with E-state index in [2.05, 4.69) is 10.3 Å². The standard InChI is InChI=1S/C14H15ClN2O/c15-13-5-3-12(4-6-13)14(18)10-17-9-11-2-1-7-16-8-11/h1-8,14,17-18H,9-10H2/t14-/m0/s1. The number of rotatable bonds is 5. The van der Waals surface area contributed by atoms with Gasteiger partial charge in [0, 0.05) is 30.5 Å². The maximum absolute atomic E-state index is 9.97. The number of hydrogen-bond acceptors (Lipinski definition) is 3. The molecule has 3 nitrogen and oxygen atoms in total. The molecular weight excluding hydrogens is 248 g/mol. The van der Waals surface area contributed by atoms with Gasteiger partial charge in [-0.25, -0.2) is 0 Å². The SMILES string of the molecule is O[C@@H](CNCc1cccnc1)c1ccc(Cl)cc1. The molecule has 2 aromatic rings. The van der Waals surface area contributed by atoms with Crippen molar-refractivity contribution in [1.82, 2.24) is 10.3 Å². The summed E-state index contributed by atoms with van der Waals surface area (Å²) in [5.74, 6) is 0. The van der Waals surface area contributed by atoms with Crippen LogP contribution in [0.1, 0.15) is 17.2 Å². The molecule has 0 radical (unpaired) electrons. The van der Waals surface area contributed by atoms with Gasteiger partial charge >= 0.3 is 0 Å². The number of nitrogens with zero attached hydrogens (tertiary/aromatic N) is 1. The van der Waals surface area contributed by atoms with Gasteiger partial charge in [-0.1, -0.05) is 29.8 Å². The van der Waals surface area contributed by atoms with Crippen molar-refractivity contribution in [3.05, 3.63) is 64.9 Å². The number of aliphatic hydroxyl groups excluding tert-OH is 1. The highest BCUT2D eigenvalue weighted by atomic mass is 35.5. The van der Waals surface area contributed by atoms with Crippen LogP contribution in [0, 0.1) is 0 Å². The first-order chi connectivity index (χ1) is 8.75. The van der Waals surface area contributed by atoms with Crippen molar-refractivity contribution in [2.75, 3.05) is 6.54 Å². The van der Waals surface area contributed by atoms with Crippen LogP contribution in [0.5, 0.6) is 0 Å². The number of benzene rings is 1. The lowest BCUT2D eigenvalue weighted by molar-refractivity contribution is 0.174. The molecule has 2 N–H and O–H groups in total. The van der Waals surface area contributed by atoms with Crippen LogP contribution in [0.2, 0.25) is 5.02 Å². The Morgan fingerprint density at radius 2 is 2.00 bits per heavy atom. The van der Waals surface area contributed by atoms with Crippen molar-refractivity contribution in [3.63, 3.8) is 0 Å². The predicted molar refractivity (Wildman–Crippen MR) is 72.4 cm³/mol. The van der Waals surface area contributed by atoms with Crippen LogP contribution in [0.15, 0.2) is 48.8 Å². The Hall–Kier alpha value is -1.42. The average molecular weight is 263 g/mol. The smallest absolute Gasteiger partial charge is 0.0914 e. The van der Waals surface area contributed by atoms with Crippen LogP contribution in [-0.4, -0.2) is 16.6 Å². The number of hydrogen-bond donors (Lipinski definition) is 2. The lowest BCUT2D eigenvalue weighted by atomic mass is 10.1. The minimum Gasteiger partial charge on any atom is -0.387 e. The first-order valence-electron chi connectivity index (χ1n) is 5.79. The van der Waals surface area contributed by atoms with Gasteiger partial charge in [0.15, 0.2) is 0 Å². The van der Waals surface area contributed by atoms with Gasteiger partial charge in [-0.2, -0.15) is 0 Å². The number of halogens is 1. The summed E-state index contributed by atoms with van der Waals surface area (Å²) in [6.07, 6.45) is 3.02. The summed E-state index contributed by atoms with van der Waals surface area (Å²) in [6.45, 7) is 1.19. The van der Waals surface area contributed by atoms with E-state index in [1.165, 1.54) is 0 Å². The normalized spacial score (nSPS) is 12.3. The van der Waals surface area contributed by atoms with E-state index in [0.29, 0.717) is 18.1 Å². The molecule has 0 unspecified atom stereocenters. The van der Waals surface area contributed by atoms with Crippen LogP contribution in [0.4, 0.5) is 0 Å². The van der Waals surface area contributed by atoms with E-state index >= 15 is 0 Å². The highest BCUT2D eigenvalue weighted by molar-refractivity contribution is 6.30. The van der Waals surface area contributed by atoms with Gasteiger partial charge in [0.05, 0.1) is 6.10 Å². The fraction of sp³-hybridized carbons (Fsp3) is 0.214. The molecule has 0 spiro atoms. The molecule has 0 aliphatic carbocycles. The van der Waals surface area contributed by atoms with Crippen molar-refractivity contribution in [2.45, 2.75) is 12.6 Å². The maximum atomic E-state index is 9.97. The summed E-state index contributed by atoms with van der Waals surface area (Å²) in [5.41, 5.74) is 1.96. The molecule has 4 heteroatoms. The molecule has 0 aliphatic rings. The summed E-state index contributed by atoms with van der Waals surface area (Å²) in [5, 5.41) is 13.8. The lowest BCUT2D eigenvalue weighted by Crippen LogP contribution is -2.21. The van der Waals surface area contributed by atoms with Gasteiger partial charge in [-0.05, 0) is 29.3 Å². The number of pyridine rings is 1. The molecule has 1 atom stereocenters. The van der Waals surface area contributed by atoms with E-state index in [9.17, 15) is 5.11 Å². The quantitative estimate of drug-likeness (QED) is 0.871. The second-order valence-electron chi connectivity index (χ2n) is 4.06. The van der Waals surface area contributed by atoms with Gasteiger partial charge in [-0.3, -0.25) is 4.98 Å². The second-order valence-corrected chi connectivity index (χ2v) is 4.50. The molecule has 94 valence electrons. The molecule has 0 aliphatic heterocycles. The third kappa shape index (κ3) is 3.81. The third-order valence-corrected chi connectivity index (χ3v) is 2.90. The molecule has 0 amide bonds. The summed E-state index contributed by atoms with van der Waals surface area (Å²) in [4.78, 5) is 4.03. The van der Waals surface area contributed by atoms with Crippen molar-refractivity contribution in [2.24, 2.45) is 0 Å².